The summed E-state index contributed by atoms with van der Waals surface area (Å²) < 4.78 is 36.2. The lowest BCUT2D eigenvalue weighted by Crippen LogP contribution is -2.30. The van der Waals surface area contributed by atoms with Crippen LogP contribution in [0.25, 0.3) is 0 Å². The molecule has 1 rings (SSSR count). The van der Waals surface area contributed by atoms with Crippen molar-refractivity contribution in [2.24, 2.45) is 0 Å². The summed E-state index contributed by atoms with van der Waals surface area (Å²) >= 11 is 0. The molecule has 0 aromatic heterocycles. The fourth-order valence-corrected chi connectivity index (χ4v) is 1.21. The quantitative estimate of drug-likeness (QED) is 0.812. The predicted octanol–water partition coefficient (Wildman–Crippen LogP) is 1.75. The molecular formula is C11H14F3N3O. The number of benzene rings is 1. The van der Waals surface area contributed by atoms with Gasteiger partial charge in [0.05, 0.1) is 0 Å². The number of halogens is 3. The highest BCUT2D eigenvalue weighted by Crippen LogP contribution is 2.18. The van der Waals surface area contributed by atoms with Crippen molar-refractivity contribution in [3.8, 4) is 0 Å². The molecule has 0 fully saturated rings. The van der Waals surface area contributed by atoms with Crippen molar-refractivity contribution in [3.63, 3.8) is 0 Å². The van der Waals surface area contributed by atoms with Crippen LogP contribution in [-0.4, -0.2) is 31.2 Å². The van der Waals surface area contributed by atoms with Gasteiger partial charge in [0.15, 0.2) is 0 Å². The minimum absolute atomic E-state index is 0.121. The first-order chi connectivity index (χ1) is 8.29. The van der Waals surface area contributed by atoms with Crippen LogP contribution in [0.5, 0.6) is 0 Å². The van der Waals surface area contributed by atoms with E-state index in [4.69, 9.17) is 0 Å². The minimum Gasteiger partial charge on any atom is -0.318 e. The van der Waals surface area contributed by atoms with Crippen molar-refractivity contribution >= 4 is 11.6 Å². The minimum atomic E-state index is -4.88. The third-order valence-corrected chi connectivity index (χ3v) is 2.04. The highest BCUT2D eigenvalue weighted by Gasteiger charge is 2.38. The zero-order valence-electron chi connectivity index (χ0n) is 10.0. The molecule has 100 valence electrons. The highest BCUT2D eigenvalue weighted by molar-refractivity contribution is 5.94. The summed E-state index contributed by atoms with van der Waals surface area (Å²) in [5.74, 6) is -1.97. The Hall–Kier alpha value is -1.60. The van der Waals surface area contributed by atoms with Gasteiger partial charge in [-0.1, -0.05) is 12.1 Å². The number of carbonyl (C=O) groups excluding carboxylic acids is 1. The number of alkyl halides is 3. The molecule has 0 saturated heterocycles. The van der Waals surface area contributed by atoms with E-state index in [2.05, 4.69) is 5.43 Å². The third kappa shape index (κ3) is 4.72. The van der Waals surface area contributed by atoms with Gasteiger partial charge in [0.2, 0.25) is 0 Å². The van der Waals surface area contributed by atoms with Gasteiger partial charge in [-0.05, 0) is 17.7 Å². The normalized spacial score (nSPS) is 11.7. The number of carbonyl (C=O) groups is 1. The number of nitrogens with one attached hydrogen (secondary N) is 2. The van der Waals surface area contributed by atoms with Crippen LogP contribution in [0.15, 0.2) is 24.3 Å². The molecule has 1 aromatic rings. The monoisotopic (exact) mass is 261 g/mol. The topological polar surface area (TPSA) is 44.4 Å². The zero-order valence-corrected chi connectivity index (χ0v) is 10.0. The van der Waals surface area contributed by atoms with Gasteiger partial charge < -0.3 is 5.32 Å². The summed E-state index contributed by atoms with van der Waals surface area (Å²) in [5, 5.41) is 3.53. The van der Waals surface area contributed by atoms with E-state index >= 15 is 0 Å². The second-order valence-corrected chi connectivity index (χ2v) is 3.88. The number of hydrazine groups is 1. The van der Waals surface area contributed by atoms with Crippen molar-refractivity contribution in [1.82, 2.24) is 10.4 Å². The van der Waals surface area contributed by atoms with Crippen molar-refractivity contribution in [3.05, 3.63) is 29.8 Å². The molecular weight excluding hydrogens is 247 g/mol. The van der Waals surface area contributed by atoms with Crippen LogP contribution >= 0.6 is 0 Å². The van der Waals surface area contributed by atoms with Gasteiger partial charge in [0.1, 0.15) is 0 Å². The highest BCUT2D eigenvalue weighted by atomic mass is 19.4. The third-order valence-electron chi connectivity index (χ3n) is 2.04. The number of amides is 1. The molecule has 2 N–H and O–H groups in total. The van der Waals surface area contributed by atoms with E-state index in [0.29, 0.717) is 6.54 Å². The lowest BCUT2D eigenvalue weighted by molar-refractivity contribution is -0.167. The first kappa shape index (κ1) is 14.5. The van der Waals surface area contributed by atoms with E-state index < -0.39 is 12.1 Å². The van der Waals surface area contributed by atoms with Gasteiger partial charge in [0, 0.05) is 26.3 Å². The molecule has 0 unspecified atom stereocenters. The van der Waals surface area contributed by atoms with Crippen molar-refractivity contribution in [1.29, 1.82) is 0 Å². The SMILES string of the molecule is CN(C)NCc1cccc(NC(=O)C(F)(F)F)c1. The molecule has 0 radical (unpaired) electrons. The zero-order chi connectivity index (χ0) is 13.8. The molecule has 0 spiro atoms. The molecule has 0 heterocycles. The van der Waals surface area contributed by atoms with Gasteiger partial charge in [-0.15, -0.1) is 0 Å². The molecule has 18 heavy (non-hydrogen) atoms. The Morgan fingerprint density at radius 1 is 1.33 bits per heavy atom. The number of nitrogens with zero attached hydrogens (tertiary/aromatic N) is 1. The molecule has 0 aliphatic heterocycles. The van der Waals surface area contributed by atoms with Crippen molar-refractivity contribution < 1.29 is 18.0 Å². The summed E-state index contributed by atoms with van der Waals surface area (Å²) in [6.45, 7) is 0.461. The molecule has 4 nitrogen and oxygen atoms in total. The van der Waals surface area contributed by atoms with E-state index in [0.717, 1.165) is 5.56 Å². The Morgan fingerprint density at radius 3 is 2.56 bits per heavy atom. The largest absolute Gasteiger partial charge is 0.471 e. The number of hydrogen-bond acceptors (Lipinski definition) is 3. The lowest BCUT2D eigenvalue weighted by Gasteiger charge is -2.13. The maximum atomic E-state index is 12.1. The maximum Gasteiger partial charge on any atom is 0.471 e. The molecule has 0 aliphatic carbocycles. The van der Waals surface area contributed by atoms with Crippen LogP contribution in [0, 0.1) is 0 Å². The molecule has 0 aliphatic rings. The van der Waals surface area contributed by atoms with E-state index in [-0.39, 0.29) is 5.69 Å². The first-order valence-electron chi connectivity index (χ1n) is 5.17. The molecule has 7 heteroatoms. The molecule has 0 saturated carbocycles. The van der Waals surface area contributed by atoms with Gasteiger partial charge in [-0.2, -0.15) is 13.2 Å². The first-order valence-corrected chi connectivity index (χ1v) is 5.17. The Bertz CT molecular complexity index is 418. The molecule has 1 amide bonds. The Balaban J connectivity index is 2.68. The number of hydrogen-bond donors (Lipinski definition) is 2. The van der Waals surface area contributed by atoms with Crippen molar-refractivity contribution in [2.75, 3.05) is 19.4 Å². The van der Waals surface area contributed by atoms with Gasteiger partial charge in [0.25, 0.3) is 0 Å². The number of anilines is 1. The Morgan fingerprint density at radius 2 is 2.00 bits per heavy atom. The summed E-state index contributed by atoms with van der Waals surface area (Å²) in [6.07, 6.45) is -4.88. The summed E-state index contributed by atoms with van der Waals surface area (Å²) in [5.41, 5.74) is 3.86. The van der Waals surface area contributed by atoms with E-state index in [9.17, 15) is 18.0 Å². The van der Waals surface area contributed by atoms with Gasteiger partial charge in [-0.3, -0.25) is 15.2 Å². The Kier molecular flexibility index (Phi) is 4.69. The van der Waals surface area contributed by atoms with Crippen LogP contribution in [-0.2, 0) is 11.3 Å². The maximum absolute atomic E-state index is 12.1. The van der Waals surface area contributed by atoms with Crippen LogP contribution < -0.4 is 10.7 Å². The van der Waals surface area contributed by atoms with Gasteiger partial charge in [-0.25, -0.2) is 0 Å². The van der Waals surface area contributed by atoms with E-state index in [1.807, 2.05) is 0 Å². The Labute approximate surface area is 103 Å². The summed E-state index contributed by atoms with van der Waals surface area (Å²) in [6, 6.07) is 6.22. The smallest absolute Gasteiger partial charge is 0.318 e. The fourth-order valence-electron chi connectivity index (χ4n) is 1.21. The summed E-state index contributed by atoms with van der Waals surface area (Å²) in [4.78, 5) is 10.8. The second-order valence-electron chi connectivity index (χ2n) is 3.88. The van der Waals surface area contributed by atoms with Gasteiger partial charge >= 0.3 is 12.1 Å². The standard InChI is InChI=1S/C11H14F3N3O/c1-17(2)15-7-8-4-3-5-9(6-8)16-10(18)11(12,13)14/h3-6,15H,7H2,1-2H3,(H,16,18). The molecule has 1 aromatic carbocycles. The van der Waals surface area contributed by atoms with Crippen LogP contribution in [0.3, 0.4) is 0 Å². The van der Waals surface area contributed by atoms with E-state index in [1.165, 1.54) is 12.1 Å². The summed E-state index contributed by atoms with van der Waals surface area (Å²) in [7, 11) is 3.60. The second kappa shape index (κ2) is 5.83. The number of rotatable bonds is 4. The molecule has 0 atom stereocenters. The average Bonchev–Trinajstić information content (AvgIpc) is 2.25. The molecule has 0 bridgehead atoms. The lowest BCUT2D eigenvalue weighted by atomic mass is 10.2. The fraction of sp³-hybridized carbons (Fsp3) is 0.364. The average molecular weight is 261 g/mol. The van der Waals surface area contributed by atoms with Crippen LogP contribution in [0.4, 0.5) is 18.9 Å². The van der Waals surface area contributed by atoms with E-state index in [1.54, 1.807) is 36.6 Å². The van der Waals surface area contributed by atoms with Crippen molar-refractivity contribution in [2.45, 2.75) is 12.7 Å². The van der Waals surface area contributed by atoms with Crippen LogP contribution in [0.2, 0.25) is 0 Å². The predicted molar refractivity (Wildman–Crippen MR) is 61.7 cm³/mol. The van der Waals surface area contributed by atoms with Crippen LogP contribution in [0.1, 0.15) is 5.56 Å².